The van der Waals surface area contributed by atoms with Gasteiger partial charge in [-0.05, 0) is 12.0 Å². The van der Waals surface area contributed by atoms with Crippen molar-refractivity contribution in [2.24, 2.45) is 0 Å². The van der Waals surface area contributed by atoms with Gasteiger partial charge in [0.1, 0.15) is 0 Å². The van der Waals surface area contributed by atoms with E-state index in [4.69, 9.17) is 23.2 Å². The predicted octanol–water partition coefficient (Wildman–Crippen LogP) is 7.10. The SMILES string of the molecule is CCCCCCC(C(=O)c1ccccc1)(/C(Cl)=C\Cl)c1ccccc1. The molecule has 1 nitrogen and oxygen atoms in total. The Kier molecular flexibility index (Phi) is 7.74. The Morgan fingerprint density at radius 3 is 2.12 bits per heavy atom. The van der Waals surface area contributed by atoms with E-state index in [1.165, 1.54) is 5.54 Å². The van der Waals surface area contributed by atoms with Gasteiger partial charge in [-0.1, -0.05) is 116 Å². The summed E-state index contributed by atoms with van der Waals surface area (Å²) in [4.78, 5) is 13.5. The quantitative estimate of drug-likeness (QED) is 0.338. The smallest absolute Gasteiger partial charge is 0.178 e. The normalized spacial score (nSPS) is 14.1. The minimum absolute atomic E-state index is 0.00213. The minimum Gasteiger partial charge on any atom is -0.293 e. The van der Waals surface area contributed by atoms with Crippen molar-refractivity contribution < 1.29 is 4.79 Å². The number of carbonyl (C=O) groups excluding carboxylic acids is 1. The molecule has 0 aromatic heterocycles. The number of hydrogen-bond donors (Lipinski definition) is 0. The zero-order chi connectivity index (χ0) is 18.1. The molecule has 0 aliphatic heterocycles. The van der Waals surface area contributed by atoms with Gasteiger partial charge in [-0.3, -0.25) is 4.79 Å². The number of hydrogen-bond acceptors (Lipinski definition) is 1. The lowest BCUT2D eigenvalue weighted by Gasteiger charge is -2.33. The Morgan fingerprint density at radius 2 is 1.56 bits per heavy atom. The highest BCUT2D eigenvalue weighted by molar-refractivity contribution is 6.39. The second kappa shape index (κ2) is 9.79. The maximum Gasteiger partial charge on any atom is 0.178 e. The van der Waals surface area contributed by atoms with E-state index < -0.39 is 5.41 Å². The van der Waals surface area contributed by atoms with Crippen molar-refractivity contribution in [3.8, 4) is 0 Å². The number of unbranched alkanes of at least 4 members (excludes halogenated alkanes) is 3. The second-order valence-electron chi connectivity index (χ2n) is 6.23. The predicted molar refractivity (Wildman–Crippen MR) is 107 cm³/mol. The molecule has 0 radical (unpaired) electrons. The molecule has 3 heteroatoms. The van der Waals surface area contributed by atoms with Crippen LogP contribution in [-0.4, -0.2) is 5.78 Å². The van der Waals surface area contributed by atoms with Crippen LogP contribution in [-0.2, 0) is 5.41 Å². The number of carbonyl (C=O) groups is 1. The molecule has 0 N–H and O–H groups in total. The summed E-state index contributed by atoms with van der Waals surface area (Å²) in [6.45, 7) is 2.17. The second-order valence-corrected chi connectivity index (χ2v) is 6.86. The van der Waals surface area contributed by atoms with Gasteiger partial charge in [0.25, 0.3) is 0 Å². The average molecular weight is 375 g/mol. The molecular formula is C22H24Cl2O. The molecule has 0 amide bonds. The van der Waals surface area contributed by atoms with E-state index in [1.807, 2.05) is 60.7 Å². The van der Waals surface area contributed by atoms with Crippen LogP contribution in [0.2, 0.25) is 0 Å². The highest BCUT2D eigenvalue weighted by Crippen LogP contribution is 2.42. The van der Waals surface area contributed by atoms with Gasteiger partial charge >= 0.3 is 0 Å². The van der Waals surface area contributed by atoms with Gasteiger partial charge in [-0.2, -0.15) is 0 Å². The Hall–Kier alpha value is -1.57. The van der Waals surface area contributed by atoms with Gasteiger partial charge in [0.15, 0.2) is 5.78 Å². The first-order chi connectivity index (χ1) is 12.2. The third-order valence-electron chi connectivity index (χ3n) is 4.60. The third-order valence-corrected chi connectivity index (χ3v) is 5.36. The van der Waals surface area contributed by atoms with Crippen LogP contribution in [0.5, 0.6) is 0 Å². The van der Waals surface area contributed by atoms with Crippen LogP contribution in [0.1, 0.15) is 54.9 Å². The summed E-state index contributed by atoms with van der Waals surface area (Å²) in [5, 5.41) is 0.380. The molecule has 2 aromatic carbocycles. The number of halogens is 2. The minimum atomic E-state index is -0.931. The lowest BCUT2D eigenvalue weighted by atomic mass is 9.70. The molecule has 2 rings (SSSR count). The Morgan fingerprint density at radius 1 is 0.960 bits per heavy atom. The van der Waals surface area contributed by atoms with Gasteiger partial charge in [0.05, 0.1) is 5.41 Å². The Labute approximate surface area is 160 Å². The fourth-order valence-corrected chi connectivity index (χ4v) is 3.70. The number of benzene rings is 2. The van der Waals surface area contributed by atoms with E-state index >= 15 is 0 Å². The molecule has 25 heavy (non-hydrogen) atoms. The number of ketones is 1. The van der Waals surface area contributed by atoms with Gasteiger partial charge < -0.3 is 0 Å². The molecule has 132 valence electrons. The fraction of sp³-hybridized carbons (Fsp3) is 0.318. The van der Waals surface area contributed by atoms with Gasteiger partial charge in [0.2, 0.25) is 0 Å². The molecule has 0 saturated carbocycles. The van der Waals surface area contributed by atoms with Crippen molar-refractivity contribution in [3.05, 3.63) is 82.4 Å². The van der Waals surface area contributed by atoms with Crippen molar-refractivity contribution in [3.63, 3.8) is 0 Å². The highest BCUT2D eigenvalue weighted by atomic mass is 35.5. The van der Waals surface area contributed by atoms with E-state index in [0.717, 1.165) is 31.2 Å². The first-order valence-corrected chi connectivity index (χ1v) is 9.60. The van der Waals surface area contributed by atoms with Crippen LogP contribution in [0.4, 0.5) is 0 Å². The molecule has 0 bridgehead atoms. The molecule has 2 aromatic rings. The zero-order valence-corrected chi connectivity index (χ0v) is 16.1. The number of allylic oxidation sites excluding steroid dienone is 1. The standard InChI is InChI=1S/C22H24Cl2O/c1-2-3-4-11-16-22(20(24)17-23,19-14-9-6-10-15-19)21(25)18-12-7-5-8-13-18/h5-10,12-15,17H,2-4,11,16H2,1H3/b20-17+. The maximum absolute atomic E-state index is 13.5. The van der Waals surface area contributed by atoms with Crippen LogP contribution in [0.3, 0.4) is 0 Å². The topological polar surface area (TPSA) is 17.1 Å². The number of Topliss-reactive ketones (excluding diaryl/α,β-unsaturated/α-hetero) is 1. The molecule has 1 unspecified atom stereocenters. The van der Waals surface area contributed by atoms with Crippen molar-refractivity contribution >= 4 is 29.0 Å². The van der Waals surface area contributed by atoms with E-state index in [0.29, 0.717) is 17.0 Å². The summed E-state index contributed by atoms with van der Waals surface area (Å²) in [5.41, 5.74) is 1.95. The molecular weight excluding hydrogens is 351 g/mol. The van der Waals surface area contributed by atoms with Gasteiger partial charge in [-0.25, -0.2) is 0 Å². The third kappa shape index (κ3) is 4.54. The molecule has 0 fully saturated rings. The van der Waals surface area contributed by atoms with Crippen LogP contribution < -0.4 is 0 Å². The Balaban J connectivity index is 2.52. The maximum atomic E-state index is 13.5. The first-order valence-electron chi connectivity index (χ1n) is 8.78. The Bertz CT molecular complexity index is 694. The largest absolute Gasteiger partial charge is 0.293 e. The van der Waals surface area contributed by atoms with Crippen LogP contribution in [0, 0.1) is 0 Å². The monoisotopic (exact) mass is 374 g/mol. The summed E-state index contributed by atoms with van der Waals surface area (Å²) in [7, 11) is 0. The summed E-state index contributed by atoms with van der Waals surface area (Å²) >= 11 is 12.6. The van der Waals surface area contributed by atoms with E-state index in [1.54, 1.807) is 0 Å². The number of rotatable bonds is 9. The fourth-order valence-electron chi connectivity index (χ4n) is 3.22. The van der Waals surface area contributed by atoms with Gasteiger partial charge in [-0.15, -0.1) is 0 Å². The van der Waals surface area contributed by atoms with Crippen LogP contribution in [0.15, 0.2) is 71.2 Å². The zero-order valence-electron chi connectivity index (χ0n) is 14.6. The summed E-state index contributed by atoms with van der Waals surface area (Å²) in [6.07, 6.45) is 4.92. The van der Waals surface area contributed by atoms with E-state index in [2.05, 4.69) is 6.92 Å². The lowest BCUT2D eigenvalue weighted by molar-refractivity contribution is 0.0904. The summed E-state index contributed by atoms with van der Waals surface area (Å²) in [5.74, 6) is -0.00213. The van der Waals surface area contributed by atoms with Crippen molar-refractivity contribution in [1.29, 1.82) is 0 Å². The van der Waals surface area contributed by atoms with Crippen LogP contribution in [0.25, 0.3) is 0 Å². The molecule has 0 aliphatic rings. The molecule has 0 aliphatic carbocycles. The molecule has 1 atom stereocenters. The molecule has 0 saturated heterocycles. The molecule has 0 heterocycles. The average Bonchev–Trinajstić information content (AvgIpc) is 2.68. The van der Waals surface area contributed by atoms with E-state index in [-0.39, 0.29) is 5.78 Å². The first kappa shape index (κ1) is 19.8. The lowest BCUT2D eigenvalue weighted by Crippen LogP contribution is -2.36. The van der Waals surface area contributed by atoms with Crippen LogP contribution >= 0.6 is 23.2 Å². The van der Waals surface area contributed by atoms with Crippen molar-refractivity contribution in [2.75, 3.05) is 0 Å². The summed E-state index contributed by atoms with van der Waals surface area (Å²) in [6, 6.07) is 19.1. The van der Waals surface area contributed by atoms with Crippen molar-refractivity contribution in [1.82, 2.24) is 0 Å². The van der Waals surface area contributed by atoms with Crippen molar-refractivity contribution in [2.45, 2.75) is 44.4 Å². The van der Waals surface area contributed by atoms with E-state index in [9.17, 15) is 4.79 Å². The highest BCUT2D eigenvalue weighted by Gasteiger charge is 2.42. The summed E-state index contributed by atoms with van der Waals surface area (Å²) < 4.78 is 0. The molecule has 0 spiro atoms. The van der Waals surface area contributed by atoms with Gasteiger partial charge in [0, 0.05) is 16.1 Å².